The van der Waals surface area contributed by atoms with Crippen molar-refractivity contribution in [3.63, 3.8) is 0 Å². The summed E-state index contributed by atoms with van der Waals surface area (Å²) in [6.45, 7) is 2.20. The molecule has 2 atom stereocenters. The molecule has 1 aromatic heterocycles. The van der Waals surface area contributed by atoms with Crippen LogP contribution in [-0.4, -0.2) is 33.3 Å². The van der Waals surface area contributed by atoms with E-state index in [-0.39, 0.29) is 5.91 Å². The Morgan fingerprint density at radius 2 is 2.08 bits per heavy atom. The van der Waals surface area contributed by atoms with Gasteiger partial charge in [-0.2, -0.15) is 0 Å². The van der Waals surface area contributed by atoms with E-state index in [2.05, 4.69) is 10.3 Å². The fourth-order valence-electron chi connectivity index (χ4n) is 2.40. The molecule has 0 spiro atoms. The molecule has 1 amide bonds. The average molecular weight is 372 g/mol. The van der Waals surface area contributed by atoms with Gasteiger partial charge in [-0.1, -0.05) is 30.0 Å². The van der Waals surface area contributed by atoms with E-state index in [0.717, 1.165) is 34.3 Å². The van der Waals surface area contributed by atoms with Gasteiger partial charge in [0.25, 0.3) is 5.91 Å². The van der Waals surface area contributed by atoms with Crippen LogP contribution in [0, 0.1) is 0 Å². The van der Waals surface area contributed by atoms with Crippen molar-refractivity contribution in [1.82, 2.24) is 10.3 Å². The third kappa shape index (κ3) is 4.85. The molecular formula is C19H20N2O4S. The van der Waals surface area contributed by atoms with Gasteiger partial charge in [-0.05, 0) is 42.3 Å². The molecule has 0 saturated carbocycles. The third-order valence-electron chi connectivity index (χ3n) is 3.85. The number of hydrogen-bond acceptors (Lipinski definition) is 6. The van der Waals surface area contributed by atoms with E-state index in [0.29, 0.717) is 17.9 Å². The van der Waals surface area contributed by atoms with Crippen LogP contribution in [0.2, 0.25) is 0 Å². The van der Waals surface area contributed by atoms with Crippen molar-refractivity contribution in [2.75, 3.05) is 6.61 Å². The van der Waals surface area contributed by atoms with Crippen molar-refractivity contribution in [3.05, 3.63) is 64.3 Å². The molecule has 1 aliphatic rings. The first-order valence-corrected chi connectivity index (χ1v) is 9.12. The number of nitrogens with one attached hydrogen (secondary N) is 1. The topological polar surface area (TPSA) is 91.7 Å². The maximum atomic E-state index is 11.6. The maximum absolute atomic E-state index is 11.6. The number of ether oxygens (including phenoxy) is 1. The zero-order valence-corrected chi connectivity index (χ0v) is 15.1. The minimum Gasteiger partial charge on any atom is -0.493 e. The SMILES string of the molecule is C[C@H](O)c1ccc(CCOc2ccc(/C=C3\SC(O)NC3=O)cc2)nc1. The second-order valence-corrected chi connectivity index (χ2v) is 7.00. The molecule has 0 bridgehead atoms. The monoisotopic (exact) mass is 372 g/mol. The van der Waals surface area contributed by atoms with Crippen LogP contribution >= 0.6 is 11.8 Å². The van der Waals surface area contributed by atoms with E-state index >= 15 is 0 Å². The Labute approximate surface area is 155 Å². The number of pyridine rings is 1. The molecular weight excluding hydrogens is 352 g/mol. The van der Waals surface area contributed by atoms with Gasteiger partial charge < -0.3 is 20.3 Å². The molecule has 1 aliphatic heterocycles. The maximum Gasteiger partial charge on any atom is 0.260 e. The molecule has 0 radical (unpaired) electrons. The summed E-state index contributed by atoms with van der Waals surface area (Å²) in [5, 5.41) is 21.3. The van der Waals surface area contributed by atoms with Gasteiger partial charge in [0, 0.05) is 18.3 Å². The smallest absolute Gasteiger partial charge is 0.260 e. The summed E-state index contributed by atoms with van der Waals surface area (Å²) in [7, 11) is 0. The van der Waals surface area contributed by atoms with Gasteiger partial charge in [0.15, 0.2) is 5.56 Å². The highest BCUT2D eigenvalue weighted by atomic mass is 32.2. The molecule has 1 saturated heterocycles. The zero-order valence-electron chi connectivity index (χ0n) is 14.3. The standard InChI is InChI=1S/C19H20N2O4S/c1-12(22)14-4-5-15(20-11-14)8-9-25-16-6-2-13(3-7-16)10-17-18(23)21-19(24)26-17/h2-7,10-12,19,22,24H,8-9H2,1H3,(H,21,23)/b17-10-/t12-,19?/m0/s1. The molecule has 6 nitrogen and oxygen atoms in total. The Balaban J connectivity index is 1.51. The van der Waals surface area contributed by atoms with Gasteiger partial charge in [-0.25, -0.2) is 0 Å². The number of hydrogen-bond donors (Lipinski definition) is 3. The van der Waals surface area contributed by atoms with Crippen molar-refractivity contribution in [2.24, 2.45) is 0 Å². The zero-order chi connectivity index (χ0) is 18.5. The molecule has 1 unspecified atom stereocenters. The van der Waals surface area contributed by atoms with Crippen molar-refractivity contribution in [3.8, 4) is 5.75 Å². The lowest BCUT2D eigenvalue weighted by Gasteiger charge is -2.08. The second-order valence-electron chi connectivity index (χ2n) is 5.88. The van der Waals surface area contributed by atoms with Crippen molar-refractivity contribution in [1.29, 1.82) is 0 Å². The fourth-order valence-corrected chi connectivity index (χ4v) is 3.18. The number of rotatable bonds is 6. The Hall–Kier alpha value is -2.35. The van der Waals surface area contributed by atoms with Crippen LogP contribution < -0.4 is 10.1 Å². The van der Waals surface area contributed by atoms with Crippen LogP contribution in [0.25, 0.3) is 6.08 Å². The molecule has 136 valence electrons. The van der Waals surface area contributed by atoms with Crippen molar-refractivity contribution in [2.45, 2.75) is 25.0 Å². The van der Waals surface area contributed by atoms with Crippen LogP contribution in [0.15, 0.2) is 47.5 Å². The number of carbonyl (C=O) groups excluding carboxylic acids is 1. The lowest BCUT2D eigenvalue weighted by Crippen LogP contribution is -2.23. The summed E-state index contributed by atoms with van der Waals surface area (Å²) < 4.78 is 5.72. The second kappa shape index (κ2) is 8.35. The Bertz CT molecular complexity index is 788. The number of benzene rings is 1. The average Bonchev–Trinajstić information content (AvgIpc) is 2.94. The number of aliphatic hydroxyl groups excluding tert-OH is 2. The van der Waals surface area contributed by atoms with E-state index in [9.17, 15) is 15.0 Å². The highest BCUT2D eigenvalue weighted by Crippen LogP contribution is 2.28. The van der Waals surface area contributed by atoms with E-state index in [1.165, 1.54) is 0 Å². The summed E-state index contributed by atoms with van der Waals surface area (Å²) >= 11 is 1.09. The summed E-state index contributed by atoms with van der Waals surface area (Å²) in [6.07, 6.45) is 3.56. The first kappa shape index (κ1) is 18.4. The normalized spacial score (nSPS) is 19.4. The Morgan fingerprint density at radius 3 is 2.65 bits per heavy atom. The predicted octanol–water partition coefficient (Wildman–Crippen LogP) is 2.24. The van der Waals surface area contributed by atoms with Gasteiger partial charge in [0.2, 0.25) is 0 Å². The summed E-state index contributed by atoms with van der Waals surface area (Å²) in [5.41, 5.74) is 1.68. The highest BCUT2D eigenvalue weighted by Gasteiger charge is 2.24. The lowest BCUT2D eigenvalue weighted by atomic mass is 10.1. The molecule has 1 fully saturated rings. The molecule has 26 heavy (non-hydrogen) atoms. The molecule has 2 heterocycles. The summed E-state index contributed by atoms with van der Waals surface area (Å²) in [5.74, 6) is 0.466. The van der Waals surface area contributed by atoms with Gasteiger partial charge in [0.1, 0.15) is 5.75 Å². The third-order valence-corrected chi connectivity index (χ3v) is 4.75. The first-order chi connectivity index (χ1) is 12.5. The van der Waals surface area contributed by atoms with Gasteiger partial charge >= 0.3 is 0 Å². The molecule has 0 aliphatic carbocycles. The number of carbonyl (C=O) groups is 1. The van der Waals surface area contributed by atoms with Crippen molar-refractivity contribution >= 4 is 23.7 Å². The lowest BCUT2D eigenvalue weighted by molar-refractivity contribution is -0.117. The fraction of sp³-hybridized carbons (Fsp3) is 0.263. The van der Waals surface area contributed by atoms with E-state index < -0.39 is 11.7 Å². The van der Waals surface area contributed by atoms with Gasteiger partial charge in [0.05, 0.1) is 17.6 Å². The largest absolute Gasteiger partial charge is 0.493 e. The summed E-state index contributed by atoms with van der Waals surface area (Å²) in [6, 6.07) is 11.1. The van der Waals surface area contributed by atoms with E-state index in [1.54, 1.807) is 19.2 Å². The van der Waals surface area contributed by atoms with Gasteiger partial charge in [-0.15, -0.1) is 0 Å². The minimum absolute atomic E-state index is 0.267. The highest BCUT2D eigenvalue weighted by molar-refractivity contribution is 8.05. The Kier molecular flexibility index (Phi) is 5.92. The molecule has 1 aromatic carbocycles. The van der Waals surface area contributed by atoms with Gasteiger partial charge in [-0.3, -0.25) is 9.78 Å². The molecule has 2 aromatic rings. The number of thioether (sulfide) groups is 1. The van der Waals surface area contributed by atoms with Crippen LogP contribution in [0.3, 0.4) is 0 Å². The number of aromatic nitrogens is 1. The molecule has 7 heteroatoms. The molecule has 3 N–H and O–H groups in total. The van der Waals surface area contributed by atoms with Crippen LogP contribution in [0.1, 0.15) is 29.8 Å². The van der Waals surface area contributed by atoms with Crippen LogP contribution in [-0.2, 0) is 11.2 Å². The summed E-state index contributed by atoms with van der Waals surface area (Å²) in [4.78, 5) is 16.4. The quantitative estimate of drug-likeness (QED) is 0.674. The van der Waals surface area contributed by atoms with E-state index in [4.69, 9.17) is 4.74 Å². The van der Waals surface area contributed by atoms with E-state index in [1.807, 2.05) is 36.4 Å². The number of aliphatic hydroxyl groups is 2. The first-order valence-electron chi connectivity index (χ1n) is 8.24. The van der Waals surface area contributed by atoms with Crippen LogP contribution in [0.5, 0.6) is 5.75 Å². The minimum atomic E-state index is -0.875. The number of amides is 1. The van der Waals surface area contributed by atoms with Crippen molar-refractivity contribution < 1.29 is 19.7 Å². The predicted molar refractivity (Wildman–Crippen MR) is 100 cm³/mol. The Morgan fingerprint density at radius 1 is 1.31 bits per heavy atom. The number of nitrogens with zero attached hydrogens (tertiary/aromatic N) is 1. The van der Waals surface area contributed by atoms with Crippen LogP contribution in [0.4, 0.5) is 0 Å². The molecule has 3 rings (SSSR count).